The third kappa shape index (κ3) is 7.52. The minimum absolute atomic E-state index is 0.0626. The van der Waals surface area contributed by atoms with Crippen LogP contribution in [0.2, 0.25) is 0 Å². The summed E-state index contributed by atoms with van der Waals surface area (Å²) in [5.41, 5.74) is -2.20. The van der Waals surface area contributed by atoms with E-state index in [0.717, 1.165) is 12.3 Å². The van der Waals surface area contributed by atoms with Crippen LogP contribution in [0, 0.1) is 20.2 Å². The van der Waals surface area contributed by atoms with Crippen LogP contribution in [0.1, 0.15) is 11.7 Å². The lowest BCUT2D eigenvalue weighted by molar-refractivity contribution is -0.393. The van der Waals surface area contributed by atoms with Crippen molar-refractivity contribution in [1.29, 1.82) is 0 Å². The summed E-state index contributed by atoms with van der Waals surface area (Å²) < 4.78 is 34.1. The van der Waals surface area contributed by atoms with E-state index in [1.165, 1.54) is 4.90 Å². The fraction of sp³-hybridized carbons (Fsp3) is 0.500. The summed E-state index contributed by atoms with van der Waals surface area (Å²) in [6, 6.07) is 1.51. The normalized spacial score (nSPS) is 12.7. The molecule has 0 bridgehead atoms. The average Bonchev–Trinajstić information content (AvgIpc) is 2.63. The lowest BCUT2D eigenvalue weighted by atomic mass is 10.1. The van der Waals surface area contributed by atoms with Gasteiger partial charge in [0.2, 0.25) is 0 Å². The first-order chi connectivity index (χ1) is 13.9. The second-order valence-electron chi connectivity index (χ2n) is 5.47. The Balaban J connectivity index is 3.55. The molecule has 0 aliphatic carbocycles. The van der Waals surface area contributed by atoms with Gasteiger partial charge in [0.15, 0.2) is 0 Å². The number of non-ortho nitro benzene ring substituents is 1. The second-order valence-corrected chi connectivity index (χ2v) is 7.91. The van der Waals surface area contributed by atoms with Crippen molar-refractivity contribution in [1.82, 2.24) is 5.32 Å². The van der Waals surface area contributed by atoms with Gasteiger partial charge in [0.1, 0.15) is 5.69 Å². The van der Waals surface area contributed by atoms with E-state index >= 15 is 0 Å². The summed E-state index contributed by atoms with van der Waals surface area (Å²) in [6.45, 7) is -2.73. The molecule has 0 aliphatic heterocycles. The Bertz CT molecular complexity index is 913. The Kier molecular flexibility index (Phi) is 8.69. The van der Waals surface area contributed by atoms with Crippen LogP contribution in [0.15, 0.2) is 12.1 Å². The van der Waals surface area contributed by atoms with E-state index in [9.17, 15) is 33.4 Å². The lowest BCUT2D eigenvalue weighted by Crippen LogP contribution is -2.34. The zero-order chi connectivity index (χ0) is 23.1. The first-order valence-electron chi connectivity index (χ1n) is 8.45. The van der Waals surface area contributed by atoms with Crippen LogP contribution in [0.25, 0.3) is 0 Å². The first-order valence-corrected chi connectivity index (χ1v) is 10.8. The van der Waals surface area contributed by atoms with Crippen LogP contribution < -0.4 is 10.2 Å². The Hall–Kier alpha value is -2.36. The number of hydrogen-bond donors (Lipinski definition) is 2. The summed E-state index contributed by atoms with van der Waals surface area (Å²) in [6.07, 6.45) is 0.821. The number of halogens is 1. The smallest absolute Gasteiger partial charge is 0.300 e. The van der Waals surface area contributed by atoms with Gasteiger partial charge >= 0.3 is 0 Å². The number of aliphatic hydroxyl groups excluding tert-OH is 1. The van der Waals surface area contributed by atoms with Gasteiger partial charge in [0.25, 0.3) is 27.4 Å². The number of nitro groups is 2. The molecule has 0 spiro atoms. The Morgan fingerprint density at radius 1 is 1.34 bits per heavy atom. The maximum Gasteiger partial charge on any atom is 0.300 e. The molecule has 0 saturated carbocycles. The fourth-order valence-corrected chi connectivity index (χ4v) is 3.13. The highest BCUT2D eigenvalue weighted by Gasteiger charge is 2.31. The molecule has 29 heavy (non-hydrogen) atoms. The number of alkyl halides is 1. The largest absolute Gasteiger partial charge is 0.395 e. The SMILES string of the molecule is [3H]C(O)CNC(=O)c1cc([N+](=O)[O-])cc([N+](=O)[O-])c1N(CCBr)CCOS(C)(=O)=O. The van der Waals surface area contributed by atoms with Crippen molar-refractivity contribution in [3.8, 4) is 0 Å². The van der Waals surface area contributed by atoms with Crippen molar-refractivity contribution in [3.63, 3.8) is 0 Å². The summed E-state index contributed by atoms with van der Waals surface area (Å²) in [7, 11) is -3.80. The zero-order valence-corrected chi connectivity index (χ0v) is 17.5. The predicted octanol–water partition coefficient (Wildman–Crippen LogP) is 0.403. The van der Waals surface area contributed by atoms with Gasteiger partial charge in [-0.3, -0.25) is 29.2 Å². The second kappa shape index (κ2) is 11.0. The number of rotatable bonds is 12. The molecule has 162 valence electrons. The van der Waals surface area contributed by atoms with Crippen molar-refractivity contribution >= 4 is 49.0 Å². The van der Waals surface area contributed by atoms with E-state index in [1.807, 2.05) is 0 Å². The summed E-state index contributed by atoms with van der Waals surface area (Å²) in [4.78, 5) is 34.8. The zero-order valence-electron chi connectivity index (χ0n) is 16.1. The molecule has 0 saturated heterocycles. The maximum atomic E-state index is 12.5. The van der Waals surface area contributed by atoms with E-state index in [2.05, 4.69) is 25.4 Å². The highest BCUT2D eigenvalue weighted by Crippen LogP contribution is 2.36. The Morgan fingerprint density at radius 3 is 2.48 bits per heavy atom. The lowest BCUT2D eigenvalue weighted by Gasteiger charge is -2.25. The van der Waals surface area contributed by atoms with E-state index in [0.29, 0.717) is 6.07 Å². The van der Waals surface area contributed by atoms with Crippen LogP contribution in [0.4, 0.5) is 17.1 Å². The number of carbonyl (C=O) groups excluding carboxylic acids is 1. The number of amides is 1. The van der Waals surface area contributed by atoms with Crippen molar-refractivity contribution < 1.29 is 33.7 Å². The van der Waals surface area contributed by atoms with Crippen LogP contribution in [0.5, 0.6) is 0 Å². The van der Waals surface area contributed by atoms with Gasteiger partial charge < -0.3 is 15.3 Å². The molecule has 0 aliphatic rings. The van der Waals surface area contributed by atoms with Gasteiger partial charge in [-0.15, -0.1) is 0 Å². The number of nitro benzene ring substituents is 2. The molecule has 15 heteroatoms. The first kappa shape index (κ1) is 22.9. The molecule has 1 aromatic carbocycles. The third-order valence-corrected chi connectivity index (χ3v) is 4.36. The molecule has 13 nitrogen and oxygen atoms in total. The molecule has 1 atom stereocenters. The Morgan fingerprint density at radius 2 is 2.00 bits per heavy atom. The number of carbonyl (C=O) groups is 1. The number of nitrogens with one attached hydrogen (secondary N) is 1. The number of aliphatic hydroxyl groups is 1. The molecule has 0 fully saturated rings. The highest BCUT2D eigenvalue weighted by molar-refractivity contribution is 9.09. The minimum Gasteiger partial charge on any atom is -0.395 e. The van der Waals surface area contributed by atoms with Crippen molar-refractivity contribution in [2.45, 2.75) is 0 Å². The van der Waals surface area contributed by atoms with E-state index < -0.39 is 62.5 Å². The molecule has 0 heterocycles. The molecule has 0 aromatic heterocycles. The Labute approximate surface area is 175 Å². The topological polar surface area (TPSA) is 182 Å². The summed E-state index contributed by atoms with van der Waals surface area (Å²) >= 11 is 3.15. The monoisotopic (exact) mass is 500 g/mol. The van der Waals surface area contributed by atoms with Crippen LogP contribution >= 0.6 is 15.9 Å². The molecular formula is C14H19BrN4O9S. The average molecular weight is 501 g/mol. The van der Waals surface area contributed by atoms with Gasteiger partial charge in [-0.25, -0.2) is 0 Å². The minimum atomic E-state index is -3.80. The van der Waals surface area contributed by atoms with Gasteiger partial charge in [-0.2, -0.15) is 8.42 Å². The van der Waals surface area contributed by atoms with Crippen molar-refractivity contribution in [2.24, 2.45) is 0 Å². The van der Waals surface area contributed by atoms with Gasteiger partial charge in [-0.1, -0.05) is 15.9 Å². The van der Waals surface area contributed by atoms with Crippen molar-refractivity contribution in [2.75, 3.05) is 49.3 Å². The summed E-state index contributed by atoms with van der Waals surface area (Å²) in [5, 5.41) is 34.2. The van der Waals surface area contributed by atoms with Crippen LogP contribution in [-0.4, -0.2) is 73.7 Å². The van der Waals surface area contributed by atoms with E-state index in [1.54, 1.807) is 0 Å². The standard InChI is InChI=1S/C14H19BrN4O9S/c1-29(26,27)28-7-5-17(4-2-15)13-11(14(21)16-3-6-20)8-10(18(22)23)9-12(13)19(24)25/h8-9,20H,2-7H2,1H3,(H,16,21)/i6T. The van der Waals surface area contributed by atoms with E-state index in [-0.39, 0.29) is 24.1 Å². The van der Waals surface area contributed by atoms with E-state index in [4.69, 9.17) is 6.48 Å². The quantitative estimate of drug-likeness (QED) is 0.176. The fourth-order valence-electron chi connectivity index (χ4n) is 2.32. The summed E-state index contributed by atoms with van der Waals surface area (Å²) in [5.74, 6) is -0.994. The van der Waals surface area contributed by atoms with Crippen LogP contribution in [0.3, 0.4) is 0 Å². The molecular weight excluding hydrogens is 480 g/mol. The van der Waals surface area contributed by atoms with Gasteiger partial charge in [0, 0.05) is 31.0 Å². The van der Waals surface area contributed by atoms with Crippen LogP contribution in [-0.2, 0) is 14.3 Å². The van der Waals surface area contributed by atoms with Gasteiger partial charge in [0.05, 0.1) is 42.3 Å². The molecule has 1 aromatic rings. The van der Waals surface area contributed by atoms with Crippen molar-refractivity contribution in [3.05, 3.63) is 37.9 Å². The molecule has 1 rings (SSSR count). The predicted molar refractivity (Wildman–Crippen MR) is 106 cm³/mol. The number of anilines is 1. The molecule has 0 radical (unpaired) electrons. The molecule has 1 unspecified atom stereocenters. The maximum absolute atomic E-state index is 12.5. The van der Waals surface area contributed by atoms with Gasteiger partial charge in [-0.05, 0) is 0 Å². The molecule has 2 N–H and O–H groups in total. The number of nitrogens with zero attached hydrogens (tertiary/aromatic N) is 3. The molecule has 1 amide bonds. The number of benzene rings is 1. The highest BCUT2D eigenvalue weighted by atomic mass is 79.9. The number of hydrogen-bond acceptors (Lipinski definition) is 10. The third-order valence-electron chi connectivity index (χ3n) is 3.41.